The highest BCUT2D eigenvalue weighted by atomic mass is 35.5. The maximum Gasteiger partial charge on any atom is 0.285 e. The van der Waals surface area contributed by atoms with Gasteiger partial charge in [0.05, 0.1) is 11.5 Å². The fourth-order valence-corrected chi connectivity index (χ4v) is 3.87. The van der Waals surface area contributed by atoms with Crippen molar-refractivity contribution >= 4 is 69.4 Å². The van der Waals surface area contributed by atoms with Crippen molar-refractivity contribution < 1.29 is 14.3 Å². The third-order valence-corrected chi connectivity index (χ3v) is 5.46. The number of nitrogens with one attached hydrogen (secondary N) is 1. The zero-order chi connectivity index (χ0) is 20.3. The van der Waals surface area contributed by atoms with E-state index in [1.54, 1.807) is 48.5 Å². The lowest BCUT2D eigenvalue weighted by molar-refractivity contribution is -0.123. The second-order valence-electron chi connectivity index (χ2n) is 5.58. The van der Waals surface area contributed by atoms with E-state index in [0.29, 0.717) is 38.4 Å². The van der Waals surface area contributed by atoms with Crippen LogP contribution in [0.5, 0.6) is 5.75 Å². The SMILES string of the molecule is CCOc1ccc(Cl)cc1/C=C1/SC(=S)N(NC(=O)c2ccc(Cl)cc2)C1=O. The number of carbonyl (C=O) groups is 2. The Balaban J connectivity index is 1.82. The van der Waals surface area contributed by atoms with Crippen LogP contribution in [0.15, 0.2) is 47.4 Å². The highest BCUT2D eigenvalue weighted by Gasteiger charge is 2.34. The van der Waals surface area contributed by atoms with Gasteiger partial charge in [0, 0.05) is 21.2 Å². The average Bonchev–Trinajstić information content (AvgIpc) is 2.92. The predicted molar refractivity (Wildman–Crippen MR) is 117 cm³/mol. The van der Waals surface area contributed by atoms with Gasteiger partial charge in [-0.1, -0.05) is 35.0 Å². The van der Waals surface area contributed by atoms with E-state index >= 15 is 0 Å². The van der Waals surface area contributed by atoms with Crippen molar-refractivity contribution in [1.29, 1.82) is 0 Å². The number of ether oxygens (including phenoxy) is 1. The Morgan fingerprint density at radius 1 is 1.21 bits per heavy atom. The Kier molecular flexibility index (Phi) is 6.61. The molecule has 0 saturated carbocycles. The van der Waals surface area contributed by atoms with Gasteiger partial charge in [0.25, 0.3) is 11.8 Å². The van der Waals surface area contributed by atoms with Crippen molar-refractivity contribution in [3.05, 3.63) is 68.5 Å². The number of nitrogens with zero attached hydrogens (tertiary/aromatic N) is 1. The first-order valence-electron chi connectivity index (χ1n) is 8.16. The molecule has 0 atom stereocenters. The van der Waals surface area contributed by atoms with Gasteiger partial charge in [-0.15, -0.1) is 0 Å². The Morgan fingerprint density at radius 3 is 2.57 bits per heavy atom. The molecule has 0 radical (unpaired) electrons. The molecule has 0 aliphatic carbocycles. The van der Waals surface area contributed by atoms with Crippen LogP contribution in [0.4, 0.5) is 0 Å². The van der Waals surface area contributed by atoms with Crippen molar-refractivity contribution in [3.63, 3.8) is 0 Å². The number of rotatable bonds is 5. The second kappa shape index (κ2) is 8.96. The van der Waals surface area contributed by atoms with Gasteiger partial charge in [-0.25, -0.2) is 0 Å². The summed E-state index contributed by atoms with van der Waals surface area (Å²) in [4.78, 5) is 25.5. The first-order valence-corrected chi connectivity index (χ1v) is 10.1. The minimum atomic E-state index is -0.466. The molecule has 0 unspecified atom stereocenters. The normalized spacial score (nSPS) is 15.2. The molecule has 0 spiro atoms. The zero-order valence-electron chi connectivity index (χ0n) is 14.6. The molecule has 1 saturated heterocycles. The molecule has 144 valence electrons. The summed E-state index contributed by atoms with van der Waals surface area (Å²) < 4.78 is 5.79. The molecule has 1 N–H and O–H groups in total. The lowest BCUT2D eigenvalue weighted by Crippen LogP contribution is -2.44. The van der Waals surface area contributed by atoms with Gasteiger partial charge >= 0.3 is 0 Å². The van der Waals surface area contributed by atoms with Crippen molar-refractivity contribution in [3.8, 4) is 5.75 Å². The fourth-order valence-electron chi connectivity index (χ4n) is 2.39. The molecule has 2 amide bonds. The number of hydrogen-bond donors (Lipinski definition) is 1. The van der Waals surface area contributed by atoms with Crippen LogP contribution in [0.25, 0.3) is 6.08 Å². The highest BCUT2D eigenvalue weighted by molar-refractivity contribution is 8.26. The van der Waals surface area contributed by atoms with Gasteiger partial charge < -0.3 is 4.74 Å². The van der Waals surface area contributed by atoms with Gasteiger partial charge in [-0.3, -0.25) is 15.0 Å². The Bertz CT molecular complexity index is 978. The number of thiocarbonyl (C=S) groups is 1. The molecule has 1 aliphatic heterocycles. The summed E-state index contributed by atoms with van der Waals surface area (Å²) in [6.07, 6.45) is 1.64. The Hall–Kier alpha value is -2.06. The Labute approximate surface area is 181 Å². The number of carbonyl (C=O) groups excluding carboxylic acids is 2. The maximum absolute atomic E-state index is 12.7. The van der Waals surface area contributed by atoms with Gasteiger partial charge in [0.2, 0.25) is 0 Å². The highest BCUT2D eigenvalue weighted by Crippen LogP contribution is 2.34. The van der Waals surface area contributed by atoms with E-state index in [0.717, 1.165) is 16.8 Å². The average molecular weight is 453 g/mol. The first kappa shape index (κ1) is 20.7. The van der Waals surface area contributed by atoms with Crippen molar-refractivity contribution in [2.75, 3.05) is 6.61 Å². The monoisotopic (exact) mass is 452 g/mol. The second-order valence-corrected chi connectivity index (χ2v) is 8.13. The van der Waals surface area contributed by atoms with E-state index in [1.807, 2.05) is 6.92 Å². The van der Waals surface area contributed by atoms with Crippen LogP contribution < -0.4 is 10.2 Å². The summed E-state index contributed by atoms with van der Waals surface area (Å²) in [6, 6.07) is 11.5. The number of hydrazine groups is 1. The molecule has 0 bridgehead atoms. The van der Waals surface area contributed by atoms with Crippen LogP contribution in [-0.2, 0) is 4.79 Å². The zero-order valence-corrected chi connectivity index (χ0v) is 17.7. The third-order valence-electron chi connectivity index (χ3n) is 3.67. The largest absolute Gasteiger partial charge is 0.493 e. The number of benzene rings is 2. The molecule has 0 aromatic heterocycles. The van der Waals surface area contributed by atoms with Gasteiger partial charge in [-0.05, 0) is 67.7 Å². The van der Waals surface area contributed by atoms with Crippen LogP contribution in [-0.4, -0.2) is 27.8 Å². The van der Waals surface area contributed by atoms with Crippen molar-refractivity contribution in [2.24, 2.45) is 0 Å². The predicted octanol–water partition coefficient (Wildman–Crippen LogP) is 4.94. The maximum atomic E-state index is 12.7. The van der Waals surface area contributed by atoms with Gasteiger partial charge in [0.1, 0.15) is 5.75 Å². The summed E-state index contributed by atoms with van der Waals surface area (Å²) in [5, 5.41) is 2.08. The molecule has 1 fully saturated rings. The molecule has 5 nitrogen and oxygen atoms in total. The van der Waals surface area contributed by atoms with E-state index in [9.17, 15) is 9.59 Å². The van der Waals surface area contributed by atoms with Crippen LogP contribution in [0.3, 0.4) is 0 Å². The quantitative estimate of drug-likeness (QED) is 0.514. The molecule has 9 heteroatoms. The summed E-state index contributed by atoms with van der Waals surface area (Å²) >= 11 is 18.2. The Morgan fingerprint density at radius 2 is 1.89 bits per heavy atom. The molecule has 3 rings (SSSR count). The van der Waals surface area contributed by atoms with Crippen molar-refractivity contribution in [1.82, 2.24) is 10.4 Å². The first-order chi connectivity index (χ1) is 13.4. The molecule has 2 aromatic carbocycles. The topological polar surface area (TPSA) is 58.6 Å². The van der Waals surface area contributed by atoms with E-state index in [4.69, 9.17) is 40.2 Å². The molecule has 1 aliphatic rings. The summed E-state index contributed by atoms with van der Waals surface area (Å²) in [5.41, 5.74) is 3.53. The van der Waals surface area contributed by atoms with Crippen molar-refractivity contribution in [2.45, 2.75) is 6.92 Å². The summed E-state index contributed by atoms with van der Waals surface area (Å²) in [7, 11) is 0. The lowest BCUT2D eigenvalue weighted by atomic mass is 10.2. The standard InChI is InChI=1S/C19H14Cl2N2O3S2/c1-2-26-15-8-7-14(21)9-12(15)10-16-18(25)23(19(27)28-16)22-17(24)11-3-5-13(20)6-4-11/h3-10H,2H2,1H3,(H,22,24)/b16-10+. The van der Waals surface area contributed by atoms with E-state index in [-0.39, 0.29) is 4.32 Å². The van der Waals surface area contributed by atoms with Crippen LogP contribution in [0.1, 0.15) is 22.8 Å². The molecular formula is C19H14Cl2N2O3S2. The lowest BCUT2D eigenvalue weighted by Gasteiger charge is -2.15. The number of halogens is 2. The van der Waals surface area contributed by atoms with E-state index < -0.39 is 11.8 Å². The van der Waals surface area contributed by atoms with Crippen LogP contribution in [0, 0.1) is 0 Å². The smallest absolute Gasteiger partial charge is 0.285 e. The molecule has 2 aromatic rings. The van der Waals surface area contributed by atoms with Gasteiger partial charge in [-0.2, -0.15) is 5.01 Å². The number of thioether (sulfide) groups is 1. The fraction of sp³-hybridized carbons (Fsp3) is 0.105. The van der Waals surface area contributed by atoms with E-state index in [2.05, 4.69) is 5.43 Å². The van der Waals surface area contributed by atoms with Gasteiger partial charge in [0.15, 0.2) is 4.32 Å². The molecule has 1 heterocycles. The number of amides is 2. The summed E-state index contributed by atoms with van der Waals surface area (Å²) in [6.45, 7) is 2.34. The number of hydrogen-bond acceptors (Lipinski definition) is 5. The molecular weight excluding hydrogens is 439 g/mol. The molecule has 28 heavy (non-hydrogen) atoms. The van der Waals surface area contributed by atoms with Crippen LogP contribution >= 0.6 is 47.2 Å². The van der Waals surface area contributed by atoms with E-state index in [1.165, 1.54) is 0 Å². The third kappa shape index (κ3) is 4.67. The minimum Gasteiger partial charge on any atom is -0.493 e. The summed E-state index contributed by atoms with van der Waals surface area (Å²) in [5.74, 6) is -0.297. The minimum absolute atomic E-state index is 0.221. The van der Waals surface area contributed by atoms with Crippen LogP contribution in [0.2, 0.25) is 10.0 Å².